The van der Waals surface area contributed by atoms with E-state index in [9.17, 15) is 20.1 Å². The van der Waals surface area contributed by atoms with Gasteiger partial charge < -0.3 is 29.2 Å². The molecule has 3 N–H and O–H groups in total. The Hall–Kier alpha value is -3.35. The van der Waals surface area contributed by atoms with Gasteiger partial charge in [-0.2, -0.15) is 0 Å². The average molecular weight is 330 g/mol. The molecule has 124 valence electrons. The van der Waals surface area contributed by atoms with Gasteiger partial charge in [-0.15, -0.1) is 0 Å². The van der Waals surface area contributed by atoms with Crippen LogP contribution in [0.3, 0.4) is 0 Å². The van der Waals surface area contributed by atoms with Gasteiger partial charge >= 0.3 is 0 Å². The van der Waals surface area contributed by atoms with Crippen molar-refractivity contribution in [2.75, 3.05) is 14.2 Å². The Morgan fingerprint density at radius 1 is 0.875 bits per heavy atom. The maximum atomic E-state index is 12.7. The molecule has 0 atom stereocenters. The van der Waals surface area contributed by atoms with Crippen molar-refractivity contribution in [1.29, 1.82) is 0 Å². The lowest BCUT2D eigenvalue weighted by Crippen LogP contribution is -2.08. The number of methoxy groups -OCH3 is 2. The van der Waals surface area contributed by atoms with E-state index in [1.807, 2.05) is 0 Å². The van der Waals surface area contributed by atoms with Crippen molar-refractivity contribution in [1.82, 2.24) is 0 Å². The van der Waals surface area contributed by atoms with E-state index in [1.54, 1.807) is 0 Å². The minimum atomic E-state index is -0.459. The summed E-state index contributed by atoms with van der Waals surface area (Å²) in [5, 5.41) is 29.2. The maximum Gasteiger partial charge on any atom is 0.235 e. The van der Waals surface area contributed by atoms with Crippen molar-refractivity contribution >= 4 is 11.0 Å². The summed E-state index contributed by atoms with van der Waals surface area (Å²) in [5.74, 6) is -0.889. The summed E-state index contributed by atoms with van der Waals surface area (Å²) >= 11 is 0. The summed E-state index contributed by atoms with van der Waals surface area (Å²) in [5.41, 5.74) is -0.1000. The Morgan fingerprint density at radius 2 is 1.54 bits per heavy atom. The predicted molar refractivity (Wildman–Crippen MR) is 86.0 cm³/mol. The number of hydrogen-bond acceptors (Lipinski definition) is 7. The van der Waals surface area contributed by atoms with Crippen LogP contribution in [0.2, 0.25) is 0 Å². The van der Waals surface area contributed by atoms with Crippen LogP contribution < -0.4 is 14.9 Å². The van der Waals surface area contributed by atoms with E-state index < -0.39 is 5.43 Å². The molecular weight excluding hydrogens is 316 g/mol. The van der Waals surface area contributed by atoms with E-state index in [4.69, 9.17) is 13.9 Å². The highest BCUT2D eigenvalue weighted by atomic mass is 16.5. The molecule has 0 aliphatic rings. The van der Waals surface area contributed by atoms with Crippen LogP contribution >= 0.6 is 0 Å². The number of aromatic hydroxyl groups is 3. The zero-order valence-electron chi connectivity index (χ0n) is 12.9. The number of phenolic OH excluding ortho intramolecular Hbond substituents is 3. The lowest BCUT2D eigenvalue weighted by molar-refractivity contribution is 0.367. The molecule has 0 amide bonds. The molecule has 24 heavy (non-hydrogen) atoms. The molecule has 1 aromatic heterocycles. The van der Waals surface area contributed by atoms with Crippen molar-refractivity contribution in [2.24, 2.45) is 0 Å². The quantitative estimate of drug-likeness (QED) is 0.633. The molecular formula is C17H14O7. The van der Waals surface area contributed by atoms with E-state index in [0.717, 1.165) is 0 Å². The summed E-state index contributed by atoms with van der Waals surface area (Å²) in [6.45, 7) is 0. The largest absolute Gasteiger partial charge is 0.504 e. The third-order valence-corrected chi connectivity index (χ3v) is 3.60. The maximum absolute atomic E-state index is 12.7. The molecule has 0 spiro atoms. The number of rotatable bonds is 3. The number of ether oxygens (including phenoxy) is 2. The molecule has 0 unspecified atom stereocenters. The number of hydrogen-bond donors (Lipinski definition) is 3. The van der Waals surface area contributed by atoms with Crippen LogP contribution in [0.4, 0.5) is 0 Å². The van der Waals surface area contributed by atoms with Gasteiger partial charge in [0.25, 0.3) is 0 Å². The third kappa shape index (κ3) is 2.26. The van der Waals surface area contributed by atoms with E-state index >= 15 is 0 Å². The molecule has 0 fully saturated rings. The van der Waals surface area contributed by atoms with Crippen molar-refractivity contribution < 1.29 is 29.2 Å². The minimum Gasteiger partial charge on any atom is -0.504 e. The Bertz CT molecular complexity index is 988. The van der Waals surface area contributed by atoms with Crippen molar-refractivity contribution in [3.63, 3.8) is 0 Å². The van der Waals surface area contributed by atoms with Crippen LogP contribution in [-0.2, 0) is 0 Å². The summed E-state index contributed by atoms with van der Waals surface area (Å²) in [6, 6.07) is 6.67. The van der Waals surface area contributed by atoms with E-state index in [-0.39, 0.29) is 45.5 Å². The fourth-order valence-electron chi connectivity index (χ4n) is 2.44. The van der Waals surface area contributed by atoms with Gasteiger partial charge in [0.15, 0.2) is 28.6 Å². The minimum absolute atomic E-state index is 0.0107. The topological polar surface area (TPSA) is 109 Å². The van der Waals surface area contributed by atoms with Crippen LogP contribution in [0, 0.1) is 0 Å². The van der Waals surface area contributed by atoms with Crippen molar-refractivity contribution in [2.45, 2.75) is 0 Å². The standard InChI is InChI=1S/C17H14O7/c1-22-16-11(19)6-4-9-13(21)17(23-2)14(24-15(9)16)8-3-5-10(18)12(20)7-8/h3-7,18-20H,1-2H3. The summed E-state index contributed by atoms with van der Waals surface area (Å²) in [6.07, 6.45) is 0. The highest BCUT2D eigenvalue weighted by molar-refractivity contribution is 5.88. The fourth-order valence-corrected chi connectivity index (χ4v) is 2.44. The monoisotopic (exact) mass is 330 g/mol. The fraction of sp³-hybridized carbons (Fsp3) is 0.118. The van der Waals surface area contributed by atoms with Crippen LogP contribution in [0.15, 0.2) is 39.5 Å². The second-order valence-corrected chi connectivity index (χ2v) is 4.99. The van der Waals surface area contributed by atoms with Crippen LogP contribution in [0.25, 0.3) is 22.3 Å². The lowest BCUT2D eigenvalue weighted by atomic mass is 10.1. The first-order chi connectivity index (χ1) is 11.5. The van der Waals surface area contributed by atoms with Gasteiger partial charge in [0.1, 0.15) is 0 Å². The predicted octanol–water partition coefficient (Wildman–Crippen LogP) is 2.59. The van der Waals surface area contributed by atoms with Gasteiger partial charge in [-0.3, -0.25) is 4.79 Å². The summed E-state index contributed by atoms with van der Waals surface area (Å²) in [7, 11) is 2.66. The molecule has 0 saturated carbocycles. The second kappa shape index (κ2) is 5.69. The van der Waals surface area contributed by atoms with Gasteiger partial charge in [0, 0.05) is 5.56 Å². The number of phenols is 3. The first-order valence-electron chi connectivity index (χ1n) is 6.91. The van der Waals surface area contributed by atoms with Gasteiger partial charge in [-0.05, 0) is 30.3 Å². The van der Waals surface area contributed by atoms with E-state index in [2.05, 4.69) is 0 Å². The molecule has 0 saturated heterocycles. The average Bonchev–Trinajstić information content (AvgIpc) is 2.57. The SMILES string of the molecule is COc1c(-c2ccc(O)c(O)c2)oc2c(OC)c(O)ccc2c1=O. The molecule has 0 aliphatic carbocycles. The first-order valence-corrected chi connectivity index (χ1v) is 6.91. The molecule has 1 heterocycles. The Kier molecular flexibility index (Phi) is 3.69. The Balaban J connectivity index is 2.42. The zero-order valence-corrected chi connectivity index (χ0v) is 12.9. The van der Waals surface area contributed by atoms with Gasteiger partial charge in [0.05, 0.1) is 19.6 Å². The number of fused-ring (bicyclic) bond motifs is 1. The van der Waals surface area contributed by atoms with Crippen molar-refractivity contribution in [3.8, 4) is 40.1 Å². The van der Waals surface area contributed by atoms with Crippen LogP contribution in [0.1, 0.15) is 0 Å². The molecule has 3 aromatic rings. The number of benzene rings is 2. The molecule has 3 rings (SSSR count). The van der Waals surface area contributed by atoms with E-state index in [1.165, 1.54) is 44.6 Å². The van der Waals surface area contributed by atoms with Gasteiger partial charge in [-0.1, -0.05) is 0 Å². The molecule has 2 aromatic carbocycles. The smallest absolute Gasteiger partial charge is 0.235 e. The Morgan fingerprint density at radius 3 is 2.17 bits per heavy atom. The zero-order chi connectivity index (χ0) is 17.4. The van der Waals surface area contributed by atoms with Crippen molar-refractivity contribution in [3.05, 3.63) is 40.6 Å². The third-order valence-electron chi connectivity index (χ3n) is 3.60. The van der Waals surface area contributed by atoms with E-state index in [0.29, 0.717) is 5.56 Å². The second-order valence-electron chi connectivity index (χ2n) is 4.99. The molecule has 0 aliphatic heterocycles. The van der Waals surface area contributed by atoms with Gasteiger partial charge in [0.2, 0.25) is 16.9 Å². The van der Waals surface area contributed by atoms with Crippen LogP contribution in [0.5, 0.6) is 28.7 Å². The lowest BCUT2D eigenvalue weighted by Gasteiger charge is -2.12. The highest BCUT2D eigenvalue weighted by Gasteiger charge is 2.21. The van der Waals surface area contributed by atoms with Crippen LogP contribution in [-0.4, -0.2) is 29.5 Å². The summed E-state index contributed by atoms with van der Waals surface area (Å²) in [4.78, 5) is 12.7. The molecule has 0 radical (unpaired) electrons. The molecule has 0 bridgehead atoms. The molecule has 7 nitrogen and oxygen atoms in total. The summed E-state index contributed by atoms with van der Waals surface area (Å²) < 4.78 is 16.0. The Labute approximate surface area is 135 Å². The molecule has 7 heteroatoms. The highest BCUT2D eigenvalue weighted by Crippen LogP contribution is 2.40. The normalized spacial score (nSPS) is 10.8. The first kappa shape index (κ1) is 15.5. The van der Waals surface area contributed by atoms with Gasteiger partial charge in [-0.25, -0.2) is 0 Å².